The second-order valence-electron chi connectivity index (χ2n) is 5.74. The van der Waals surface area contributed by atoms with E-state index >= 15 is 0 Å². The van der Waals surface area contributed by atoms with Gasteiger partial charge in [0.2, 0.25) is 0 Å². The van der Waals surface area contributed by atoms with Gasteiger partial charge in [-0.05, 0) is 25.3 Å². The summed E-state index contributed by atoms with van der Waals surface area (Å²) in [6.45, 7) is 4.93. The molecule has 0 saturated carbocycles. The molecule has 1 aromatic rings. The Morgan fingerprint density at radius 2 is 2.32 bits per heavy atom. The predicted octanol–water partition coefficient (Wildman–Crippen LogP) is 2.24. The molecule has 2 rings (SSSR count). The van der Waals surface area contributed by atoms with Crippen LogP contribution < -0.4 is 0 Å². The highest BCUT2D eigenvalue weighted by Crippen LogP contribution is 2.30. The molecule has 1 saturated heterocycles. The van der Waals surface area contributed by atoms with Crippen molar-refractivity contribution in [1.82, 2.24) is 9.78 Å². The summed E-state index contributed by atoms with van der Waals surface area (Å²) in [6.07, 6.45) is 5.43. The zero-order valence-electron chi connectivity index (χ0n) is 12.4. The van der Waals surface area contributed by atoms with Crippen molar-refractivity contribution >= 4 is 0 Å². The van der Waals surface area contributed by atoms with Gasteiger partial charge in [0, 0.05) is 32.2 Å². The van der Waals surface area contributed by atoms with Gasteiger partial charge in [0.05, 0.1) is 17.4 Å². The fourth-order valence-corrected chi connectivity index (χ4v) is 2.92. The molecule has 4 heteroatoms. The Morgan fingerprint density at radius 1 is 1.53 bits per heavy atom. The number of hydrogen-bond donors (Lipinski definition) is 1. The third-order valence-corrected chi connectivity index (χ3v) is 4.04. The zero-order valence-corrected chi connectivity index (χ0v) is 12.4. The highest BCUT2D eigenvalue weighted by atomic mass is 16.5. The minimum Gasteiger partial charge on any atom is -0.389 e. The lowest BCUT2D eigenvalue weighted by Gasteiger charge is -2.37. The second kappa shape index (κ2) is 6.06. The van der Waals surface area contributed by atoms with Gasteiger partial charge in [-0.25, -0.2) is 0 Å². The van der Waals surface area contributed by atoms with E-state index in [2.05, 4.69) is 25.0 Å². The molecule has 2 heterocycles. The lowest BCUT2D eigenvalue weighted by molar-refractivity contribution is -0.105. The van der Waals surface area contributed by atoms with Gasteiger partial charge in [-0.3, -0.25) is 4.68 Å². The van der Waals surface area contributed by atoms with Crippen molar-refractivity contribution in [1.29, 1.82) is 0 Å². The molecular formula is C15H26N2O2. The number of hydrogen-bond acceptors (Lipinski definition) is 3. The van der Waals surface area contributed by atoms with Crippen LogP contribution in [0.15, 0.2) is 6.07 Å². The van der Waals surface area contributed by atoms with Crippen molar-refractivity contribution in [3.63, 3.8) is 0 Å². The Morgan fingerprint density at radius 3 is 2.95 bits per heavy atom. The Bertz CT molecular complexity index is 414. The molecule has 1 N–H and O–H groups in total. The van der Waals surface area contributed by atoms with Gasteiger partial charge in [-0.15, -0.1) is 0 Å². The van der Waals surface area contributed by atoms with E-state index in [1.807, 2.05) is 11.7 Å². The lowest BCUT2D eigenvalue weighted by atomic mass is 9.85. The van der Waals surface area contributed by atoms with Crippen LogP contribution in [0.2, 0.25) is 0 Å². The number of nitrogens with zero attached hydrogens (tertiary/aromatic N) is 2. The maximum atomic E-state index is 10.8. The molecule has 0 spiro atoms. The first-order chi connectivity index (χ1) is 9.06. The quantitative estimate of drug-likeness (QED) is 0.889. The van der Waals surface area contributed by atoms with Crippen molar-refractivity contribution < 1.29 is 9.84 Å². The van der Waals surface area contributed by atoms with Gasteiger partial charge in [-0.1, -0.05) is 20.3 Å². The van der Waals surface area contributed by atoms with Gasteiger partial charge >= 0.3 is 0 Å². The molecule has 4 nitrogen and oxygen atoms in total. The Labute approximate surface area is 115 Å². The van der Waals surface area contributed by atoms with Gasteiger partial charge < -0.3 is 9.84 Å². The highest BCUT2D eigenvalue weighted by molar-refractivity contribution is 5.13. The number of aryl methyl sites for hydroxylation is 2. The largest absolute Gasteiger partial charge is 0.389 e. The van der Waals surface area contributed by atoms with E-state index in [0.29, 0.717) is 13.0 Å². The van der Waals surface area contributed by atoms with Crippen LogP contribution in [0.5, 0.6) is 0 Å². The normalized spacial score (nSPS) is 27.7. The molecule has 0 aliphatic carbocycles. The minimum atomic E-state index is -0.628. The Hall–Kier alpha value is -0.870. The smallest absolute Gasteiger partial charge is 0.0749 e. The van der Waals surface area contributed by atoms with E-state index < -0.39 is 5.60 Å². The van der Waals surface area contributed by atoms with Gasteiger partial charge in [-0.2, -0.15) is 5.10 Å². The minimum absolute atomic E-state index is 0.211. The molecule has 0 amide bonds. The maximum Gasteiger partial charge on any atom is 0.0749 e. The van der Waals surface area contributed by atoms with Crippen LogP contribution >= 0.6 is 0 Å². The molecule has 108 valence electrons. The summed E-state index contributed by atoms with van der Waals surface area (Å²) in [5.41, 5.74) is 1.59. The standard InChI is InChI=1S/C15H26N2O2/c1-4-6-14-11-15(18,7-8-19-14)10-13-9-12(5-2)16-17(13)3/h9,14,18H,4-8,10-11H2,1-3H3. The van der Waals surface area contributed by atoms with Crippen LogP contribution in [0.25, 0.3) is 0 Å². The third kappa shape index (κ3) is 3.57. The first-order valence-electron chi connectivity index (χ1n) is 7.42. The zero-order chi connectivity index (χ0) is 13.9. The summed E-state index contributed by atoms with van der Waals surface area (Å²) >= 11 is 0. The molecule has 1 aliphatic rings. The number of rotatable bonds is 5. The molecule has 1 aromatic heterocycles. The van der Waals surface area contributed by atoms with Gasteiger partial charge in [0.1, 0.15) is 0 Å². The summed E-state index contributed by atoms with van der Waals surface area (Å²) in [6, 6.07) is 2.11. The topological polar surface area (TPSA) is 47.3 Å². The van der Waals surface area contributed by atoms with E-state index in [1.54, 1.807) is 0 Å². The molecule has 0 radical (unpaired) electrons. The van der Waals surface area contributed by atoms with Crippen LogP contribution in [0.4, 0.5) is 0 Å². The summed E-state index contributed by atoms with van der Waals surface area (Å²) in [5, 5.41) is 15.3. The number of ether oxygens (including phenoxy) is 1. The van der Waals surface area contributed by atoms with Crippen LogP contribution in [0.1, 0.15) is 50.9 Å². The highest BCUT2D eigenvalue weighted by Gasteiger charge is 2.35. The second-order valence-corrected chi connectivity index (χ2v) is 5.74. The average Bonchev–Trinajstić information content (AvgIpc) is 2.70. The Balaban J connectivity index is 2.05. The molecule has 0 aromatic carbocycles. The molecule has 19 heavy (non-hydrogen) atoms. The molecule has 2 unspecified atom stereocenters. The first-order valence-corrected chi connectivity index (χ1v) is 7.42. The fourth-order valence-electron chi connectivity index (χ4n) is 2.92. The predicted molar refractivity (Wildman–Crippen MR) is 75.1 cm³/mol. The summed E-state index contributed by atoms with van der Waals surface area (Å²) in [5.74, 6) is 0. The van der Waals surface area contributed by atoms with Crippen LogP contribution in [0.3, 0.4) is 0 Å². The van der Waals surface area contributed by atoms with E-state index in [-0.39, 0.29) is 6.10 Å². The van der Waals surface area contributed by atoms with E-state index in [9.17, 15) is 5.11 Å². The monoisotopic (exact) mass is 266 g/mol. The molecule has 1 aliphatic heterocycles. The van der Waals surface area contributed by atoms with Crippen molar-refractivity contribution in [2.75, 3.05) is 6.61 Å². The lowest BCUT2D eigenvalue weighted by Crippen LogP contribution is -2.42. The molecule has 1 fully saturated rings. The van der Waals surface area contributed by atoms with Gasteiger partial charge in [0.15, 0.2) is 0 Å². The third-order valence-electron chi connectivity index (χ3n) is 4.04. The number of aromatic nitrogens is 2. The van der Waals surface area contributed by atoms with Crippen molar-refractivity contribution in [3.8, 4) is 0 Å². The van der Waals surface area contributed by atoms with E-state index in [4.69, 9.17) is 4.74 Å². The summed E-state index contributed by atoms with van der Waals surface area (Å²) in [4.78, 5) is 0. The van der Waals surface area contributed by atoms with Crippen LogP contribution in [0, 0.1) is 0 Å². The fraction of sp³-hybridized carbons (Fsp3) is 0.800. The molecule has 2 atom stereocenters. The summed E-state index contributed by atoms with van der Waals surface area (Å²) < 4.78 is 7.63. The van der Waals surface area contributed by atoms with Crippen molar-refractivity contribution in [3.05, 3.63) is 17.5 Å². The SMILES string of the molecule is CCCC1CC(O)(Cc2cc(CC)nn2C)CCO1. The Kier molecular flexibility index (Phi) is 4.63. The van der Waals surface area contributed by atoms with Gasteiger partial charge in [0.25, 0.3) is 0 Å². The van der Waals surface area contributed by atoms with E-state index in [0.717, 1.165) is 43.5 Å². The van der Waals surface area contributed by atoms with Crippen LogP contribution in [-0.2, 0) is 24.6 Å². The molecular weight excluding hydrogens is 240 g/mol. The average molecular weight is 266 g/mol. The maximum absolute atomic E-state index is 10.8. The van der Waals surface area contributed by atoms with E-state index in [1.165, 1.54) is 0 Å². The summed E-state index contributed by atoms with van der Waals surface area (Å²) in [7, 11) is 1.96. The van der Waals surface area contributed by atoms with Crippen molar-refractivity contribution in [2.24, 2.45) is 7.05 Å². The van der Waals surface area contributed by atoms with Crippen molar-refractivity contribution in [2.45, 2.75) is 64.1 Å². The number of aliphatic hydroxyl groups is 1. The van der Waals surface area contributed by atoms with Crippen LogP contribution in [-0.4, -0.2) is 33.2 Å². The first kappa shape index (κ1) is 14.5. The molecule has 0 bridgehead atoms.